The molecule has 0 amide bonds. The van der Waals surface area contributed by atoms with E-state index >= 15 is 0 Å². The van der Waals surface area contributed by atoms with Gasteiger partial charge in [-0.3, -0.25) is 0 Å². The third-order valence-electron chi connectivity index (χ3n) is 2.95. The van der Waals surface area contributed by atoms with Crippen LogP contribution in [0.2, 0.25) is 0 Å². The molecule has 18 heavy (non-hydrogen) atoms. The third-order valence-corrected chi connectivity index (χ3v) is 2.95. The van der Waals surface area contributed by atoms with Gasteiger partial charge in [0.1, 0.15) is 5.75 Å². The number of rotatable bonds is 6. The van der Waals surface area contributed by atoms with Crippen LogP contribution in [0.3, 0.4) is 0 Å². The summed E-state index contributed by atoms with van der Waals surface area (Å²) in [5, 5.41) is 3.64. The van der Waals surface area contributed by atoms with Crippen molar-refractivity contribution >= 4 is 0 Å². The van der Waals surface area contributed by atoms with Crippen molar-refractivity contribution in [3.05, 3.63) is 29.8 Å². The van der Waals surface area contributed by atoms with Crippen LogP contribution in [-0.2, 0) is 0 Å². The van der Waals surface area contributed by atoms with E-state index in [-0.39, 0.29) is 0 Å². The predicted octanol–water partition coefficient (Wildman–Crippen LogP) is 4.17. The summed E-state index contributed by atoms with van der Waals surface area (Å²) in [6.07, 6.45) is 2.28. The fourth-order valence-electron chi connectivity index (χ4n) is 2.10. The van der Waals surface area contributed by atoms with Crippen LogP contribution in [0.25, 0.3) is 0 Å². The van der Waals surface area contributed by atoms with Gasteiger partial charge in [-0.1, -0.05) is 39.8 Å². The van der Waals surface area contributed by atoms with Crippen molar-refractivity contribution < 1.29 is 4.74 Å². The molecule has 0 aromatic heterocycles. The Morgan fingerprint density at radius 1 is 1.28 bits per heavy atom. The van der Waals surface area contributed by atoms with Crippen molar-refractivity contribution in [2.75, 3.05) is 13.7 Å². The number of methoxy groups -OCH3 is 1. The van der Waals surface area contributed by atoms with E-state index in [1.54, 1.807) is 7.11 Å². The van der Waals surface area contributed by atoms with Gasteiger partial charge in [0.25, 0.3) is 0 Å². The summed E-state index contributed by atoms with van der Waals surface area (Å²) in [7, 11) is 1.72. The zero-order valence-electron chi connectivity index (χ0n) is 12.4. The number of ether oxygens (including phenoxy) is 1. The molecule has 1 unspecified atom stereocenters. The lowest BCUT2D eigenvalue weighted by molar-refractivity contribution is 0.311. The Kier molecular flexibility index (Phi) is 5.67. The largest absolute Gasteiger partial charge is 0.497 e. The molecule has 1 N–H and O–H groups in total. The van der Waals surface area contributed by atoms with Crippen LogP contribution in [0.5, 0.6) is 5.75 Å². The first-order chi connectivity index (χ1) is 8.46. The second-order valence-electron chi connectivity index (χ2n) is 6.05. The Morgan fingerprint density at radius 2 is 2.00 bits per heavy atom. The highest BCUT2D eigenvalue weighted by Crippen LogP contribution is 2.30. The Labute approximate surface area is 112 Å². The molecule has 1 aromatic rings. The molecule has 0 spiro atoms. The molecule has 0 saturated heterocycles. The Morgan fingerprint density at radius 3 is 2.56 bits per heavy atom. The molecule has 0 radical (unpaired) electrons. The summed E-state index contributed by atoms with van der Waals surface area (Å²) >= 11 is 0. The molecule has 0 aliphatic rings. The zero-order valence-corrected chi connectivity index (χ0v) is 12.4. The summed E-state index contributed by atoms with van der Waals surface area (Å²) in [5.74, 6) is 0.935. The van der Waals surface area contributed by atoms with E-state index in [1.807, 2.05) is 6.07 Å². The lowest BCUT2D eigenvalue weighted by atomic mass is 9.85. The van der Waals surface area contributed by atoms with E-state index < -0.39 is 0 Å². The Balaban J connectivity index is 2.86. The van der Waals surface area contributed by atoms with E-state index in [0.717, 1.165) is 25.1 Å². The number of hydrogen-bond donors (Lipinski definition) is 1. The summed E-state index contributed by atoms with van der Waals surface area (Å²) in [6, 6.07) is 8.79. The first-order valence-electron chi connectivity index (χ1n) is 6.83. The second kappa shape index (κ2) is 6.79. The molecule has 1 rings (SSSR count). The van der Waals surface area contributed by atoms with Crippen molar-refractivity contribution in [3.63, 3.8) is 0 Å². The lowest BCUT2D eigenvalue weighted by Gasteiger charge is -2.27. The Bertz CT molecular complexity index is 354. The summed E-state index contributed by atoms with van der Waals surface area (Å²) in [4.78, 5) is 0. The topological polar surface area (TPSA) is 21.3 Å². The van der Waals surface area contributed by atoms with Gasteiger partial charge in [0.05, 0.1) is 7.11 Å². The molecule has 2 nitrogen and oxygen atoms in total. The predicted molar refractivity (Wildman–Crippen MR) is 78.1 cm³/mol. The number of hydrogen-bond acceptors (Lipinski definition) is 2. The monoisotopic (exact) mass is 249 g/mol. The van der Waals surface area contributed by atoms with Crippen molar-refractivity contribution in [2.45, 2.75) is 46.6 Å². The molecule has 0 bridgehead atoms. The van der Waals surface area contributed by atoms with Crippen LogP contribution < -0.4 is 10.1 Å². The van der Waals surface area contributed by atoms with E-state index in [4.69, 9.17) is 4.74 Å². The minimum Gasteiger partial charge on any atom is -0.497 e. The second-order valence-corrected chi connectivity index (χ2v) is 6.05. The van der Waals surface area contributed by atoms with Gasteiger partial charge in [-0.2, -0.15) is 0 Å². The van der Waals surface area contributed by atoms with Gasteiger partial charge in [-0.25, -0.2) is 0 Å². The van der Waals surface area contributed by atoms with Gasteiger partial charge in [0, 0.05) is 6.04 Å². The SMILES string of the molecule is CCCNC(CC(C)(C)C)c1cccc(OC)c1. The summed E-state index contributed by atoms with van der Waals surface area (Å²) in [6.45, 7) is 10.1. The fourth-order valence-corrected chi connectivity index (χ4v) is 2.10. The highest BCUT2D eigenvalue weighted by molar-refractivity contribution is 5.30. The van der Waals surface area contributed by atoms with Crippen molar-refractivity contribution in [3.8, 4) is 5.75 Å². The minimum absolute atomic E-state index is 0.314. The quantitative estimate of drug-likeness (QED) is 0.817. The molecular formula is C16H27NO. The average molecular weight is 249 g/mol. The smallest absolute Gasteiger partial charge is 0.119 e. The van der Waals surface area contributed by atoms with E-state index in [1.165, 1.54) is 5.56 Å². The summed E-state index contributed by atoms with van der Waals surface area (Å²) < 4.78 is 5.31. The molecule has 0 heterocycles. The van der Waals surface area contributed by atoms with Gasteiger partial charge in [0.2, 0.25) is 0 Å². The first kappa shape index (κ1) is 15.0. The fraction of sp³-hybridized carbons (Fsp3) is 0.625. The van der Waals surface area contributed by atoms with E-state index in [0.29, 0.717) is 11.5 Å². The normalized spacial score (nSPS) is 13.4. The molecule has 1 atom stereocenters. The van der Waals surface area contributed by atoms with Crippen molar-refractivity contribution in [1.82, 2.24) is 5.32 Å². The van der Waals surface area contributed by atoms with Gasteiger partial charge in [-0.15, -0.1) is 0 Å². The van der Waals surface area contributed by atoms with Gasteiger partial charge < -0.3 is 10.1 Å². The maximum absolute atomic E-state index is 5.31. The standard InChI is InChI=1S/C16H27NO/c1-6-10-17-15(12-16(2,3)4)13-8-7-9-14(11-13)18-5/h7-9,11,15,17H,6,10,12H2,1-5H3. The van der Waals surface area contributed by atoms with Gasteiger partial charge in [0.15, 0.2) is 0 Å². The maximum atomic E-state index is 5.31. The molecule has 2 heteroatoms. The molecule has 0 fully saturated rings. The Hall–Kier alpha value is -1.02. The molecule has 102 valence electrons. The zero-order chi connectivity index (χ0) is 13.6. The van der Waals surface area contributed by atoms with Crippen LogP contribution in [0.15, 0.2) is 24.3 Å². The van der Waals surface area contributed by atoms with Crippen LogP contribution >= 0.6 is 0 Å². The third kappa shape index (κ3) is 5.09. The highest BCUT2D eigenvalue weighted by atomic mass is 16.5. The van der Waals surface area contributed by atoms with Gasteiger partial charge >= 0.3 is 0 Å². The first-order valence-corrected chi connectivity index (χ1v) is 6.83. The molecule has 0 saturated carbocycles. The van der Waals surface area contributed by atoms with Crippen LogP contribution in [-0.4, -0.2) is 13.7 Å². The van der Waals surface area contributed by atoms with Crippen LogP contribution in [0.4, 0.5) is 0 Å². The minimum atomic E-state index is 0.314. The summed E-state index contributed by atoms with van der Waals surface area (Å²) in [5.41, 5.74) is 1.63. The number of nitrogens with one attached hydrogen (secondary N) is 1. The van der Waals surface area contributed by atoms with E-state index in [9.17, 15) is 0 Å². The van der Waals surface area contributed by atoms with Crippen LogP contribution in [0, 0.1) is 5.41 Å². The van der Waals surface area contributed by atoms with Crippen molar-refractivity contribution in [2.24, 2.45) is 5.41 Å². The molecule has 0 aliphatic carbocycles. The maximum Gasteiger partial charge on any atom is 0.119 e. The van der Waals surface area contributed by atoms with Crippen molar-refractivity contribution in [1.29, 1.82) is 0 Å². The number of benzene rings is 1. The molecular weight excluding hydrogens is 222 g/mol. The lowest BCUT2D eigenvalue weighted by Crippen LogP contribution is -2.26. The van der Waals surface area contributed by atoms with E-state index in [2.05, 4.69) is 51.2 Å². The highest BCUT2D eigenvalue weighted by Gasteiger charge is 2.19. The molecule has 1 aromatic carbocycles. The van der Waals surface area contributed by atoms with Gasteiger partial charge in [-0.05, 0) is 42.5 Å². The van der Waals surface area contributed by atoms with Crippen LogP contribution in [0.1, 0.15) is 52.1 Å². The molecule has 0 aliphatic heterocycles. The average Bonchev–Trinajstić information content (AvgIpc) is 2.33.